The van der Waals surface area contributed by atoms with E-state index in [-0.39, 0.29) is 0 Å². The number of nitrogens with zero attached hydrogens (tertiary/aromatic N) is 1. The van der Waals surface area contributed by atoms with Crippen molar-refractivity contribution in [1.82, 2.24) is 4.90 Å². The Labute approximate surface area is 108 Å². The number of benzene rings is 2. The zero-order chi connectivity index (χ0) is 11.9. The number of hydrogen-bond acceptors (Lipinski definition) is 1. The molecule has 0 N–H and O–H groups in total. The third kappa shape index (κ3) is 1.50. The lowest BCUT2D eigenvalue weighted by Crippen LogP contribution is -2.33. The first-order valence-electron chi connectivity index (χ1n) is 7.18. The van der Waals surface area contributed by atoms with Crippen molar-refractivity contribution in [2.75, 3.05) is 13.1 Å². The normalized spacial score (nSPS) is 23.7. The summed E-state index contributed by atoms with van der Waals surface area (Å²) in [6.45, 7) is 2.57. The molecular weight excluding hydrogens is 218 g/mol. The summed E-state index contributed by atoms with van der Waals surface area (Å²) in [5.74, 6) is 0. The first-order chi connectivity index (χ1) is 8.93. The number of hydrogen-bond donors (Lipinski definition) is 0. The Bertz CT molecular complexity index is 576. The summed E-state index contributed by atoms with van der Waals surface area (Å²) in [5.41, 5.74) is 3.13. The van der Waals surface area contributed by atoms with E-state index < -0.39 is 0 Å². The standard InChI is InChI=1S/C17H19N/c1-2-10-18(11-3-1)16-12-14-8-4-6-13-7-5-9-15(16)17(13)14/h4-9,16H,1-3,10-12H2/t16-/m1/s1. The minimum absolute atomic E-state index is 0.645. The summed E-state index contributed by atoms with van der Waals surface area (Å²) >= 11 is 0. The third-order valence-corrected chi connectivity index (χ3v) is 4.63. The van der Waals surface area contributed by atoms with Crippen molar-refractivity contribution < 1.29 is 0 Å². The van der Waals surface area contributed by atoms with Crippen LogP contribution in [-0.2, 0) is 6.42 Å². The third-order valence-electron chi connectivity index (χ3n) is 4.63. The van der Waals surface area contributed by atoms with Gasteiger partial charge in [0.05, 0.1) is 0 Å². The molecule has 0 saturated carbocycles. The highest BCUT2D eigenvalue weighted by atomic mass is 15.2. The van der Waals surface area contributed by atoms with Crippen LogP contribution in [0, 0.1) is 0 Å². The Kier molecular flexibility index (Phi) is 2.41. The van der Waals surface area contributed by atoms with Crippen LogP contribution in [0.5, 0.6) is 0 Å². The van der Waals surface area contributed by atoms with Crippen LogP contribution in [0.2, 0.25) is 0 Å². The molecule has 1 heteroatoms. The molecule has 0 amide bonds. The second kappa shape index (κ2) is 4.10. The van der Waals surface area contributed by atoms with Crippen molar-refractivity contribution >= 4 is 10.8 Å². The molecule has 0 bridgehead atoms. The van der Waals surface area contributed by atoms with Crippen LogP contribution < -0.4 is 0 Å². The molecule has 1 heterocycles. The van der Waals surface area contributed by atoms with Gasteiger partial charge >= 0.3 is 0 Å². The fraction of sp³-hybridized carbons (Fsp3) is 0.412. The minimum Gasteiger partial charge on any atom is -0.296 e. The zero-order valence-electron chi connectivity index (χ0n) is 10.7. The van der Waals surface area contributed by atoms with Crippen LogP contribution in [0.3, 0.4) is 0 Å². The van der Waals surface area contributed by atoms with Crippen molar-refractivity contribution in [3.05, 3.63) is 47.5 Å². The molecule has 2 aromatic carbocycles. The summed E-state index contributed by atoms with van der Waals surface area (Å²) in [4.78, 5) is 2.71. The van der Waals surface area contributed by atoms with Crippen molar-refractivity contribution in [3.63, 3.8) is 0 Å². The van der Waals surface area contributed by atoms with E-state index >= 15 is 0 Å². The number of rotatable bonds is 1. The topological polar surface area (TPSA) is 3.24 Å². The summed E-state index contributed by atoms with van der Waals surface area (Å²) < 4.78 is 0. The Morgan fingerprint density at radius 1 is 0.889 bits per heavy atom. The Morgan fingerprint density at radius 2 is 1.67 bits per heavy atom. The number of likely N-dealkylation sites (tertiary alicyclic amines) is 1. The molecule has 4 rings (SSSR count). The van der Waals surface area contributed by atoms with Crippen LogP contribution in [0.4, 0.5) is 0 Å². The first kappa shape index (κ1) is 10.6. The highest BCUT2D eigenvalue weighted by Gasteiger charge is 2.29. The lowest BCUT2D eigenvalue weighted by atomic mass is 10.0. The molecule has 1 saturated heterocycles. The van der Waals surface area contributed by atoms with E-state index in [1.54, 1.807) is 11.1 Å². The summed E-state index contributed by atoms with van der Waals surface area (Å²) in [5, 5.41) is 2.96. The highest BCUT2D eigenvalue weighted by Crippen LogP contribution is 2.40. The molecule has 2 aliphatic rings. The molecule has 1 nitrogen and oxygen atoms in total. The fourth-order valence-corrected chi connectivity index (χ4v) is 3.77. The maximum Gasteiger partial charge on any atom is 0.0394 e. The van der Waals surface area contributed by atoms with Crippen molar-refractivity contribution in [2.24, 2.45) is 0 Å². The van der Waals surface area contributed by atoms with Gasteiger partial charge in [0.25, 0.3) is 0 Å². The minimum atomic E-state index is 0.645. The second-order valence-corrected chi connectivity index (χ2v) is 5.68. The monoisotopic (exact) mass is 237 g/mol. The van der Waals surface area contributed by atoms with Crippen molar-refractivity contribution in [2.45, 2.75) is 31.7 Å². The molecule has 2 aromatic rings. The maximum atomic E-state index is 2.71. The fourth-order valence-electron chi connectivity index (χ4n) is 3.77. The molecule has 0 radical (unpaired) electrons. The van der Waals surface area contributed by atoms with Gasteiger partial charge in [-0.2, -0.15) is 0 Å². The Balaban J connectivity index is 1.80. The van der Waals surface area contributed by atoms with E-state index in [1.807, 2.05) is 0 Å². The lowest BCUT2D eigenvalue weighted by Gasteiger charge is -2.32. The van der Waals surface area contributed by atoms with Gasteiger partial charge in [0.2, 0.25) is 0 Å². The van der Waals surface area contributed by atoms with E-state index in [0.717, 1.165) is 0 Å². The first-order valence-corrected chi connectivity index (χ1v) is 7.18. The summed E-state index contributed by atoms with van der Waals surface area (Å²) in [6.07, 6.45) is 5.39. The average molecular weight is 237 g/mol. The van der Waals surface area contributed by atoms with Crippen molar-refractivity contribution in [3.8, 4) is 0 Å². The molecule has 18 heavy (non-hydrogen) atoms. The van der Waals surface area contributed by atoms with E-state index in [1.165, 1.54) is 49.5 Å². The van der Waals surface area contributed by atoms with Crippen LogP contribution in [-0.4, -0.2) is 18.0 Å². The summed E-state index contributed by atoms with van der Waals surface area (Å²) in [7, 11) is 0. The quantitative estimate of drug-likeness (QED) is 0.726. The smallest absolute Gasteiger partial charge is 0.0394 e. The molecule has 1 aliphatic carbocycles. The Morgan fingerprint density at radius 3 is 2.50 bits per heavy atom. The van der Waals surface area contributed by atoms with Gasteiger partial charge in [-0.1, -0.05) is 42.8 Å². The second-order valence-electron chi connectivity index (χ2n) is 5.68. The van der Waals surface area contributed by atoms with E-state index in [2.05, 4.69) is 41.3 Å². The molecule has 1 atom stereocenters. The average Bonchev–Trinajstić information content (AvgIpc) is 2.82. The molecule has 1 fully saturated rings. The highest BCUT2D eigenvalue weighted by molar-refractivity contribution is 5.91. The molecule has 92 valence electrons. The maximum absolute atomic E-state index is 2.71. The van der Waals surface area contributed by atoms with Gasteiger partial charge in [-0.3, -0.25) is 4.90 Å². The molecule has 0 aromatic heterocycles. The van der Waals surface area contributed by atoms with Crippen LogP contribution in [0.1, 0.15) is 36.4 Å². The van der Waals surface area contributed by atoms with Gasteiger partial charge in [-0.05, 0) is 54.3 Å². The van der Waals surface area contributed by atoms with Crippen LogP contribution >= 0.6 is 0 Å². The van der Waals surface area contributed by atoms with Crippen LogP contribution in [0.25, 0.3) is 10.8 Å². The van der Waals surface area contributed by atoms with E-state index in [4.69, 9.17) is 0 Å². The van der Waals surface area contributed by atoms with Gasteiger partial charge in [0.15, 0.2) is 0 Å². The molecule has 0 spiro atoms. The van der Waals surface area contributed by atoms with Gasteiger partial charge in [0.1, 0.15) is 0 Å². The van der Waals surface area contributed by atoms with Gasteiger partial charge < -0.3 is 0 Å². The zero-order valence-corrected chi connectivity index (χ0v) is 10.7. The molecule has 0 unspecified atom stereocenters. The largest absolute Gasteiger partial charge is 0.296 e. The van der Waals surface area contributed by atoms with Crippen molar-refractivity contribution in [1.29, 1.82) is 0 Å². The lowest BCUT2D eigenvalue weighted by molar-refractivity contribution is 0.166. The Hall–Kier alpha value is -1.34. The van der Waals surface area contributed by atoms with E-state index in [0.29, 0.717) is 6.04 Å². The number of piperidine rings is 1. The van der Waals surface area contributed by atoms with Gasteiger partial charge in [-0.15, -0.1) is 0 Å². The molecular formula is C17H19N. The van der Waals surface area contributed by atoms with Gasteiger partial charge in [0, 0.05) is 6.04 Å². The predicted octanol–water partition coefficient (Wildman–Crippen LogP) is 3.92. The van der Waals surface area contributed by atoms with Gasteiger partial charge in [-0.25, -0.2) is 0 Å². The predicted molar refractivity (Wildman–Crippen MR) is 75.8 cm³/mol. The SMILES string of the molecule is c1cc2c3c(cccc3c1)[C@H](N1CCCCC1)C2. The summed E-state index contributed by atoms with van der Waals surface area (Å²) in [6, 6.07) is 14.2. The van der Waals surface area contributed by atoms with Crippen LogP contribution in [0.15, 0.2) is 36.4 Å². The molecule has 1 aliphatic heterocycles. The van der Waals surface area contributed by atoms with E-state index in [9.17, 15) is 0 Å².